The van der Waals surface area contributed by atoms with Crippen LogP contribution < -0.4 is 67.3 Å². The van der Waals surface area contributed by atoms with Gasteiger partial charge in [-0.15, -0.1) is 6.20 Å². The zero-order valence-corrected chi connectivity index (χ0v) is 21.2. The number of carbonyl (C=O) groups excluding carboxylic acids is 1. The maximum absolute atomic E-state index is 12.9. The van der Waals surface area contributed by atoms with Gasteiger partial charge in [-0.1, -0.05) is 19.1 Å². The summed E-state index contributed by atoms with van der Waals surface area (Å²) in [5.41, 5.74) is 1.03. The van der Waals surface area contributed by atoms with Gasteiger partial charge in [0.25, 0.3) is 5.91 Å². The van der Waals surface area contributed by atoms with Gasteiger partial charge in [0.1, 0.15) is 5.69 Å². The molecule has 0 bridgehead atoms. The first-order chi connectivity index (χ1) is 14.6. The summed E-state index contributed by atoms with van der Waals surface area (Å²) < 4.78 is 39.3. The first kappa shape index (κ1) is 26.2. The van der Waals surface area contributed by atoms with E-state index >= 15 is 0 Å². The predicted molar refractivity (Wildman–Crippen MR) is 110 cm³/mol. The molecule has 0 aliphatic carbocycles. The number of benzene rings is 1. The molecule has 3 rings (SSSR count). The third kappa shape index (κ3) is 6.97. The van der Waals surface area contributed by atoms with E-state index in [1.807, 2.05) is 26.0 Å². The minimum absolute atomic E-state index is 0. The van der Waals surface area contributed by atoms with Gasteiger partial charge in [-0.05, 0) is 24.6 Å². The van der Waals surface area contributed by atoms with Crippen LogP contribution in [0.5, 0.6) is 0 Å². The van der Waals surface area contributed by atoms with Crippen molar-refractivity contribution >= 4 is 17.4 Å². The van der Waals surface area contributed by atoms with Gasteiger partial charge >= 0.3 is 57.6 Å². The molecule has 1 atom stereocenters. The third-order valence-corrected chi connectivity index (χ3v) is 4.41. The van der Waals surface area contributed by atoms with Crippen molar-refractivity contribution < 1.29 is 69.4 Å². The number of nitrogens with one attached hydrogen (secondary N) is 3. The number of rotatable bonds is 7. The summed E-state index contributed by atoms with van der Waals surface area (Å²) in [6, 6.07) is 9.43. The number of halogens is 3. The van der Waals surface area contributed by atoms with Gasteiger partial charge in [0, 0.05) is 30.7 Å². The molecule has 164 valence electrons. The average molecular weight is 470 g/mol. The normalized spacial score (nSPS) is 12.3. The van der Waals surface area contributed by atoms with Crippen LogP contribution in [-0.4, -0.2) is 20.7 Å². The standard InChI is InChI=1S/C21H21F3N6O.K/c1-13-9-19(27-12-13)26-8-7-25-14(2)15-5-4-6-16(10-15)28-20(31)17-11-18(21(22,23)24)30(3)29-17;/h4-6,8-12,14,25H,1-3H3,(H,26,27)(H,28,31);/q-2;+1. The molecule has 0 saturated carbocycles. The molecule has 32 heavy (non-hydrogen) atoms. The van der Waals surface area contributed by atoms with Gasteiger partial charge in [-0.25, -0.2) is 0 Å². The number of carbonyl (C=O) groups is 1. The monoisotopic (exact) mass is 469 g/mol. The maximum atomic E-state index is 12.9. The molecule has 1 unspecified atom stereocenters. The minimum Gasteiger partial charge on any atom is -0.560 e. The van der Waals surface area contributed by atoms with Crippen molar-refractivity contribution in [1.82, 2.24) is 20.1 Å². The van der Waals surface area contributed by atoms with E-state index < -0.39 is 17.8 Å². The minimum atomic E-state index is -4.59. The van der Waals surface area contributed by atoms with E-state index in [9.17, 15) is 18.0 Å². The Kier molecular flexibility index (Phi) is 9.16. The number of alkyl halides is 3. The Hall–Kier alpha value is -2.05. The van der Waals surface area contributed by atoms with Gasteiger partial charge < -0.3 is 27.1 Å². The van der Waals surface area contributed by atoms with Crippen molar-refractivity contribution in [2.45, 2.75) is 26.1 Å². The van der Waals surface area contributed by atoms with Crippen LogP contribution in [0.3, 0.4) is 0 Å². The zero-order valence-electron chi connectivity index (χ0n) is 18.1. The quantitative estimate of drug-likeness (QED) is 0.275. The summed E-state index contributed by atoms with van der Waals surface area (Å²) in [6.45, 7) is 3.85. The average Bonchev–Trinajstić information content (AvgIpc) is 3.30. The number of hydrogen-bond donors (Lipinski definition) is 3. The second-order valence-corrected chi connectivity index (χ2v) is 6.95. The Morgan fingerprint density at radius 1 is 1.31 bits per heavy atom. The van der Waals surface area contributed by atoms with Crippen molar-refractivity contribution in [3.05, 3.63) is 77.5 Å². The van der Waals surface area contributed by atoms with Crippen LogP contribution in [0.4, 0.5) is 24.7 Å². The van der Waals surface area contributed by atoms with E-state index in [0.29, 0.717) is 16.2 Å². The largest absolute Gasteiger partial charge is 1.00 e. The van der Waals surface area contributed by atoms with Crippen molar-refractivity contribution in [2.75, 3.05) is 10.6 Å². The van der Waals surface area contributed by atoms with E-state index in [2.05, 4.69) is 32.2 Å². The second kappa shape index (κ2) is 11.2. The SMILES string of the molecule is Cc1cnc(NC=[C-]NC(C)c2cccc(NC(=O)c3cc(C(F)(F)F)n(C)n3)c2)[cH-]1.[K+]. The van der Waals surface area contributed by atoms with Gasteiger partial charge in [-0.3, -0.25) is 9.48 Å². The molecule has 0 aliphatic heterocycles. The molecule has 11 heteroatoms. The van der Waals surface area contributed by atoms with E-state index in [1.165, 1.54) is 0 Å². The topological polar surface area (TPSA) is 83.9 Å². The fraction of sp³-hybridized carbons (Fsp3) is 0.238. The van der Waals surface area contributed by atoms with E-state index in [-0.39, 0.29) is 63.1 Å². The summed E-state index contributed by atoms with van der Waals surface area (Å²) in [5.74, 6) is -0.00984. The summed E-state index contributed by atoms with van der Waals surface area (Å²) in [4.78, 5) is 16.5. The fourth-order valence-electron chi connectivity index (χ4n) is 2.82. The van der Waals surface area contributed by atoms with Crippen molar-refractivity contribution in [2.24, 2.45) is 7.05 Å². The zero-order chi connectivity index (χ0) is 22.6. The molecule has 2 heterocycles. The van der Waals surface area contributed by atoms with Crippen LogP contribution in [-0.2, 0) is 13.2 Å². The molecular weight excluding hydrogens is 448 g/mol. The van der Waals surface area contributed by atoms with Crippen LogP contribution in [0.2, 0.25) is 0 Å². The molecule has 1 aromatic carbocycles. The second-order valence-electron chi connectivity index (χ2n) is 6.95. The Labute approximate surface area is 226 Å². The maximum Gasteiger partial charge on any atom is 1.00 e. The summed E-state index contributed by atoms with van der Waals surface area (Å²) in [5, 5.41) is 12.3. The van der Waals surface area contributed by atoms with Crippen LogP contribution in [0.1, 0.15) is 40.3 Å². The van der Waals surface area contributed by atoms with Gasteiger partial charge in [0.15, 0.2) is 5.69 Å². The van der Waals surface area contributed by atoms with Crippen molar-refractivity contribution in [1.29, 1.82) is 0 Å². The molecule has 1 amide bonds. The van der Waals surface area contributed by atoms with Crippen molar-refractivity contribution in [3.63, 3.8) is 0 Å². The number of hydrogen-bond acceptors (Lipinski definition) is 5. The Bertz CT molecular complexity index is 1090. The van der Waals surface area contributed by atoms with Crippen LogP contribution in [0, 0.1) is 13.1 Å². The summed E-state index contributed by atoms with van der Waals surface area (Å²) >= 11 is 0. The van der Waals surface area contributed by atoms with Crippen LogP contribution >= 0.6 is 0 Å². The summed E-state index contributed by atoms with van der Waals surface area (Å²) in [6.07, 6.45) is 1.68. The van der Waals surface area contributed by atoms with Gasteiger partial charge in [0.05, 0.1) is 0 Å². The molecule has 2 aromatic heterocycles. The molecule has 3 aromatic rings. The van der Waals surface area contributed by atoms with E-state index in [4.69, 9.17) is 0 Å². The number of nitrogens with zero attached hydrogens (tertiary/aromatic N) is 3. The Morgan fingerprint density at radius 2 is 2.06 bits per heavy atom. The molecule has 0 spiro atoms. The smallest absolute Gasteiger partial charge is 0.560 e. The number of aromatic nitrogens is 3. The van der Waals surface area contributed by atoms with E-state index in [0.717, 1.165) is 24.2 Å². The first-order valence-electron chi connectivity index (χ1n) is 9.34. The first-order valence-corrected chi connectivity index (χ1v) is 9.34. The van der Waals surface area contributed by atoms with Crippen LogP contribution in [0.25, 0.3) is 0 Å². The molecular formula is C21H21F3KN6O-. The number of aryl methyl sites for hydroxylation is 2. The fourth-order valence-corrected chi connectivity index (χ4v) is 2.82. The molecule has 0 saturated heterocycles. The van der Waals surface area contributed by atoms with Gasteiger partial charge in [0.2, 0.25) is 0 Å². The molecule has 3 N–H and O–H groups in total. The Morgan fingerprint density at radius 3 is 2.69 bits per heavy atom. The molecule has 0 fully saturated rings. The Balaban J connectivity index is 0.00000363. The van der Waals surface area contributed by atoms with Crippen LogP contribution in [0.15, 0.2) is 48.8 Å². The summed E-state index contributed by atoms with van der Waals surface area (Å²) in [7, 11) is 1.14. The number of amides is 1. The van der Waals surface area contributed by atoms with E-state index in [1.54, 1.807) is 30.6 Å². The molecule has 0 aliphatic rings. The van der Waals surface area contributed by atoms with Gasteiger partial charge in [-0.2, -0.15) is 36.1 Å². The van der Waals surface area contributed by atoms with Crippen molar-refractivity contribution in [3.8, 4) is 0 Å². The molecule has 7 nitrogen and oxygen atoms in total. The third-order valence-electron chi connectivity index (χ3n) is 4.41. The number of anilines is 2. The molecule has 0 radical (unpaired) electrons. The predicted octanol–water partition coefficient (Wildman–Crippen LogP) is 1.15.